The van der Waals surface area contributed by atoms with Gasteiger partial charge in [-0.05, 0) is 25.5 Å². The number of ketones is 1. The molecule has 0 aliphatic heterocycles. The summed E-state index contributed by atoms with van der Waals surface area (Å²) in [5, 5.41) is 0. The third-order valence-electron chi connectivity index (χ3n) is 1.93. The molecule has 0 atom stereocenters. The first-order valence-corrected chi connectivity index (χ1v) is 5.26. The minimum absolute atomic E-state index is 0.253. The van der Waals surface area contributed by atoms with E-state index in [0.717, 1.165) is 10.4 Å². The van der Waals surface area contributed by atoms with Crippen LogP contribution in [-0.2, 0) is 0 Å². The predicted molar refractivity (Wildman–Crippen MR) is 57.6 cm³/mol. The molecule has 0 saturated carbocycles. The van der Waals surface area contributed by atoms with Crippen LogP contribution in [0.3, 0.4) is 0 Å². The monoisotopic (exact) mass is 196 g/mol. The number of carbonyl (C=O) groups is 1. The van der Waals surface area contributed by atoms with Gasteiger partial charge in [0.15, 0.2) is 5.78 Å². The lowest BCUT2D eigenvalue weighted by Gasteiger charge is -2.15. The van der Waals surface area contributed by atoms with Crippen LogP contribution in [0.4, 0.5) is 0 Å². The van der Waals surface area contributed by atoms with Crippen molar-refractivity contribution in [1.29, 1.82) is 0 Å². The maximum Gasteiger partial charge on any atom is 0.178 e. The summed E-state index contributed by atoms with van der Waals surface area (Å²) in [6.07, 6.45) is 0. The Labute approximate surface area is 83.8 Å². The van der Waals surface area contributed by atoms with Crippen molar-refractivity contribution in [2.24, 2.45) is 5.41 Å². The average Bonchev–Trinajstić information content (AvgIpc) is 2.26. The van der Waals surface area contributed by atoms with Gasteiger partial charge in [0.2, 0.25) is 0 Å². The highest BCUT2D eigenvalue weighted by molar-refractivity contribution is 7.14. The van der Waals surface area contributed by atoms with Crippen LogP contribution < -0.4 is 0 Å². The van der Waals surface area contributed by atoms with Crippen molar-refractivity contribution in [1.82, 2.24) is 0 Å². The topological polar surface area (TPSA) is 17.1 Å². The molecule has 1 aromatic heterocycles. The predicted octanol–water partition coefficient (Wildman–Crippen LogP) is 3.59. The molecule has 1 heterocycles. The molecule has 2 heteroatoms. The van der Waals surface area contributed by atoms with E-state index in [-0.39, 0.29) is 11.2 Å². The minimum Gasteiger partial charge on any atom is -0.293 e. The van der Waals surface area contributed by atoms with Crippen LogP contribution in [0.1, 0.15) is 40.9 Å². The van der Waals surface area contributed by atoms with E-state index < -0.39 is 0 Å². The van der Waals surface area contributed by atoms with Gasteiger partial charge >= 0.3 is 0 Å². The molecule has 0 aliphatic rings. The van der Waals surface area contributed by atoms with Crippen LogP contribution in [0.15, 0.2) is 6.07 Å². The first kappa shape index (κ1) is 10.5. The Morgan fingerprint density at radius 1 is 1.31 bits per heavy atom. The van der Waals surface area contributed by atoms with E-state index in [1.807, 2.05) is 34.6 Å². The van der Waals surface area contributed by atoms with E-state index in [0.29, 0.717) is 0 Å². The molecule has 0 spiro atoms. The Hall–Kier alpha value is -0.630. The quantitative estimate of drug-likeness (QED) is 0.627. The highest BCUT2D eigenvalue weighted by Gasteiger charge is 2.25. The van der Waals surface area contributed by atoms with Gasteiger partial charge in [-0.2, -0.15) is 0 Å². The number of thiophene rings is 1. The lowest BCUT2D eigenvalue weighted by Crippen LogP contribution is -2.19. The molecular weight excluding hydrogens is 180 g/mol. The first-order valence-electron chi connectivity index (χ1n) is 4.44. The van der Waals surface area contributed by atoms with Gasteiger partial charge in [0.25, 0.3) is 0 Å². The summed E-state index contributed by atoms with van der Waals surface area (Å²) in [6, 6.07) is 2.07. The molecule has 0 radical (unpaired) electrons. The third kappa shape index (κ3) is 2.19. The lowest BCUT2D eigenvalue weighted by molar-refractivity contribution is 0.0862. The van der Waals surface area contributed by atoms with E-state index in [1.165, 1.54) is 4.88 Å². The standard InChI is InChI=1S/C11H16OS/c1-7-6-8(2)13-9(7)10(12)11(3,4)5/h6H,1-5H3. The van der Waals surface area contributed by atoms with E-state index in [2.05, 4.69) is 6.07 Å². The van der Waals surface area contributed by atoms with Gasteiger partial charge in [0.1, 0.15) is 0 Å². The average molecular weight is 196 g/mol. The van der Waals surface area contributed by atoms with Crippen LogP contribution in [0.5, 0.6) is 0 Å². The van der Waals surface area contributed by atoms with Crippen LogP contribution >= 0.6 is 11.3 Å². The second-order valence-corrected chi connectivity index (χ2v) is 5.70. The van der Waals surface area contributed by atoms with Gasteiger partial charge < -0.3 is 0 Å². The molecule has 1 aromatic rings. The third-order valence-corrected chi connectivity index (χ3v) is 3.08. The summed E-state index contributed by atoms with van der Waals surface area (Å²) >= 11 is 1.60. The van der Waals surface area contributed by atoms with Crippen molar-refractivity contribution in [3.8, 4) is 0 Å². The summed E-state index contributed by atoms with van der Waals surface area (Å²) in [7, 11) is 0. The molecule has 0 fully saturated rings. The molecule has 0 bridgehead atoms. The van der Waals surface area contributed by atoms with Crippen molar-refractivity contribution in [2.75, 3.05) is 0 Å². The molecule has 1 nitrogen and oxygen atoms in total. The maximum absolute atomic E-state index is 11.9. The summed E-state index contributed by atoms with van der Waals surface area (Å²) in [5.74, 6) is 0.253. The normalized spacial score (nSPS) is 11.8. The van der Waals surface area contributed by atoms with Crippen molar-refractivity contribution in [2.45, 2.75) is 34.6 Å². The number of Topliss-reactive ketones (excluding diaryl/α,β-unsaturated/α-hetero) is 1. The van der Waals surface area contributed by atoms with Crippen molar-refractivity contribution < 1.29 is 4.79 Å². The number of aryl methyl sites for hydroxylation is 2. The fourth-order valence-electron chi connectivity index (χ4n) is 1.21. The molecule has 0 aliphatic carbocycles. The zero-order chi connectivity index (χ0) is 10.2. The molecule has 0 N–H and O–H groups in total. The fourth-order valence-corrected chi connectivity index (χ4v) is 2.38. The van der Waals surface area contributed by atoms with Crippen LogP contribution in [0.25, 0.3) is 0 Å². The van der Waals surface area contributed by atoms with Crippen LogP contribution in [0, 0.1) is 19.3 Å². The Morgan fingerprint density at radius 3 is 2.15 bits per heavy atom. The van der Waals surface area contributed by atoms with Crippen LogP contribution in [0.2, 0.25) is 0 Å². The molecule has 0 unspecified atom stereocenters. The molecule has 0 amide bonds. The largest absolute Gasteiger partial charge is 0.293 e. The second-order valence-electron chi connectivity index (χ2n) is 4.45. The van der Waals surface area contributed by atoms with E-state index in [4.69, 9.17) is 0 Å². The maximum atomic E-state index is 11.9. The number of hydrogen-bond donors (Lipinski definition) is 0. The van der Waals surface area contributed by atoms with E-state index in [9.17, 15) is 4.79 Å². The summed E-state index contributed by atoms with van der Waals surface area (Å²) in [5.41, 5.74) is 0.852. The van der Waals surface area contributed by atoms with Crippen molar-refractivity contribution in [3.63, 3.8) is 0 Å². The smallest absolute Gasteiger partial charge is 0.178 e. The zero-order valence-electron chi connectivity index (χ0n) is 8.89. The fraction of sp³-hybridized carbons (Fsp3) is 0.545. The molecule has 0 saturated heterocycles. The zero-order valence-corrected chi connectivity index (χ0v) is 9.71. The summed E-state index contributed by atoms with van der Waals surface area (Å²) in [4.78, 5) is 14.0. The molecule has 1 rings (SSSR count). The van der Waals surface area contributed by atoms with Gasteiger partial charge in [0.05, 0.1) is 4.88 Å². The summed E-state index contributed by atoms with van der Waals surface area (Å²) < 4.78 is 0. The molecular formula is C11H16OS. The number of hydrogen-bond acceptors (Lipinski definition) is 2. The van der Waals surface area contributed by atoms with Gasteiger partial charge in [-0.15, -0.1) is 11.3 Å². The van der Waals surface area contributed by atoms with Gasteiger partial charge in [-0.25, -0.2) is 0 Å². The number of carbonyl (C=O) groups excluding carboxylic acids is 1. The van der Waals surface area contributed by atoms with E-state index in [1.54, 1.807) is 11.3 Å². The SMILES string of the molecule is Cc1cc(C)c(C(=O)C(C)(C)C)s1. The van der Waals surface area contributed by atoms with Crippen molar-refractivity contribution in [3.05, 3.63) is 21.4 Å². The Kier molecular flexibility index (Phi) is 2.62. The van der Waals surface area contributed by atoms with Gasteiger partial charge in [-0.1, -0.05) is 20.8 Å². The van der Waals surface area contributed by atoms with E-state index >= 15 is 0 Å². The van der Waals surface area contributed by atoms with Crippen LogP contribution in [-0.4, -0.2) is 5.78 Å². The Bertz CT molecular complexity index is 328. The number of rotatable bonds is 1. The Balaban J connectivity index is 3.09. The molecule has 0 aromatic carbocycles. The lowest BCUT2D eigenvalue weighted by atomic mass is 9.89. The van der Waals surface area contributed by atoms with Crippen molar-refractivity contribution >= 4 is 17.1 Å². The first-order chi connectivity index (χ1) is 5.82. The highest BCUT2D eigenvalue weighted by Crippen LogP contribution is 2.28. The second kappa shape index (κ2) is 3.26. The molecule has 13 heavy (non-hydrogen) atoms. The summed E-state index contributed by atoms with van der Waals surface area (Å²) in [6.45, 7) is 9.93. The Morgan fingerprint density at radius 2 is 1.85 bits per heavy atom. The highest BCUT2D eigenvalue weighted by atomic mass is 32.1. The van der Waals surface area contributed by atoms with Gasteiger partial charge in [-0.3, -0.25) is 4.79 Å². The molecule has 72 valence electrons. The van der Waals surface area contributed by atoms with Gasteiger partial charge in [0, 0.05) is 10.3 Å². The minimum atomic E-state index is -0.262.